The van der Waals surface area contributed by atoms with E-state index in [0.29, 0.717) is 6.04 Å². The van der Waals surface area contributed by atoms with Gasteiger partial charge in [0.15, 0.2) is 0 Å². The quantitative estimate of drug-likeness (QED) is 0.695. The maximum absolute atomic E-state index is 5.31. The predicted molar refractivity (Wildman–Crippen MR) is 51.0 cm³/mol. The molecule has 0 radical (unpaired) electrons. The van der Waals surface area contributed by atoms with Gasteiger partial charge >= 0.3 is 0 Å². The molecule has 12 heavy (non-hydrogen) atoms. The van der Waals surface area contributed by atoms with Crippen molar-refractivity contribution in [3.8, 4) is 0 Å². The summed E-state index contributed by atoms with van der Waals surface area (Å²) in [5.41, 5.74) is 1.44. The Morgan fingerprint density at radius 2 is 2.50 bits per heavy atom. The molecule has 0 aromatic heterocycles. The summed E-state index contributed by atoms with van der Waals surface area (Å²) in [6, 6.07) is 0.537. The Bertz CT molecular complexity index is 154. The first-order chi connectivity index (χ1) is 5.88. The number of hydrogen-bond donors (Lipinski definition) is 1. The largest absolute Gasteiger partial charge is 0.501 e. The minimum absolute atomic E-state index is 0.537. The molecular weight excluding hydrogens is 150 g/mol. The smallest absolute Gasteiger partial charge is 0.0876 e. The van der Waals surface area contributed by atoms with Gasteiger partial charge in [-0.1, -0.05) is 13.3 Å². The van der Waals surface area contributed by atoms with Crippen molar-refractivity contribution in [2.45, 2.75) is 38.6 Å². The number of rotatable bonds is 4. The fraction of sp³-hybridized carbons (Fsp3) is 0.800. The maximum Gasteiger partial charge on any atom is 0.0876 e. The summed E-state index contributed by atoms with van der Waals surface area (Å²) in [5, 5.41) is 3.32. The van der Waals surface area contributed by atoms with Gasteiger partial charge < -0.3 is 10.1 Å². The lowest BCUT2D eigenvalue weighted by atomic mass is 9.98. The second-order valence-electron chi connectivity index (χ2n) is 3.30. The van der Waals surface area contributed by atoms with Gasteiger partial charge in [-0.15, -0.1) is 0 Å². The van der Waals surface area contributed by atoms with E-state index in [1.165, 1.54) is 31.3 Å². The molecule has 0 bridgehead atoms. The standard InChI is InChI=1S/C10H19NO/c1-3-5-10(11-2)9-6-4-7-12-8-9/h8,10-11H,3-7H2,1-2H3. The predicted octanol–water partition coefficient (Wildman–Crippen LogP) is 2.07. The average molecular weight is 169 g/mol. The monoisotopic (exact) mass is 169 g/mol. The van der Waals surface area contributed by atoms with Crippen molar-refractivity contribution in [3.05, 3.63) is 11.8 Å². The molecule has 1 atom stereocenters. The summed E-state index contributed by atoms with van der Waals surface area (Å²) in [5.74, 6) is 0. The Morgan fingerprint density at radius 3 is 3.00 bits per heavy atom. The molecule has 0 aromatic carbocycles. The van der Waals surface area contributed by atoms with E-state index < -0.39 is 0 Å². The van der Waals surface area contributed by atoms with Crippen molar-refractivity contribution in [3.63, 3.8) is 0 Å². The molecule has 0 amide bonds. The summed E-state index contributed by atoms with van der Waals surface area (Å²) < 4.78 is 5.31. The highest BCUT2D eigenvalue weighted by Crippen LogP contribution is 2.18. The van der Waals surface area contributed by atoms with Crippen molar-refractivity contribution in [1.82, 2.24) is 5.32 Å². The molecule has 1 aliphatic heterocycles. The minimum Gasteiger partial charge on any atom is -0.501 e. The van der Waals surface area contributed by atoms with Crippen LogP contribution in [0.5, 0.6) is 0 Å². The highest BCUT2D eigenvalue weighted by atomic mass is 16.5. The maximum atomic E-state index is 5.31. The Kier molecular flexibility index (Phi) is 4.15. The number of ether oxygens (including phenoxy) is 1. The van der Waals surface area contributed by atoms with Gasteiger partial charge in [-0.3, -0.25) is 0 Å². The number of hydrogen-bond acceptors (Lipinski definition) is 2. The molecule has 0 saturated heterocycles. The average Bonchev–Trinajstić information content (AvgIpc) is 2.15. The van der Waals surface area contributed by atoms with Gasteiger partial charge in [0.25, 0.3) is 0 Å². The van der Waals surface area contributed by atoms with Crippen LogP contribution in [0.4, 0.5) is 0 Å². The lowest BCUT2D eigenvalue weighted by Gasteiger charge is -2.22. The molecule has 0 aromatic rings. The van der Waals surface area contributed by atoms with Crippen LogP contribution in [0.15, 0.2) is 11.8 Å². The van der Waals surface area contributed by atoms with Crippen molar-refractivity contribution < 1.29 is 4.74 Å². The molecular formula is C10H19NO. The van der Waals surface area contributed by atoms with Gasteiger partial charge in [-0.25, -0.2) is 0 Å². The highest BCUT2D eigenvalue weighted by Gasteiger charge is 2.13. The first-order valence-corrected chi connectivity index (χ1v) is 4.86. The van der Waals surface area contributed by atoms with Crippen LogP contribution in [0.25, 0.3) is 0 Å². The van der Waals surface area contributed by atoms with Crippen LogP contribution in [0.1, 0.15) is 32.6 Å². The highest BCUT2D eigenvalue weighted by molar-refractivity contribution is 5.09. The van der Waals surface area contributed by atoms with Crippen molar-refractivity contribution in [2.75, 3.05) is 13.7 Å². The Morgan fingerprint density at radius 1 is 1.67 bits per heavy atom. The van der Waals surface area contributed by atoms with E-state index in [4.69, 9.17) is 4.74 Å². The van der Waals surface area contributed by atoms with Crippen molar-refractivity contribution in [2.24, 2.45) is 0 Å². The molecule has 0 aliphatic carbocycles. The summed E-state index contributed by atoms with van der Waals surface area (Å²) in [4.78, 5) is 0. The second-order valence-corrected chi connectivity index (χ2v) is 3.30. The Hall–Kier alpha value is -0.500. The van der Waals surface area contributed by atoms with Crippen molar-refractivity contribution in [1.29, 1.82) is 0 Å². The van der Waals surface area contributed by atoms with Gasteiger partial charge in [-0.2, -0.15) is 0 Å². The van der Waals surface area contributed by atoms with Crippen molar-refractivity contribution >= 4 is 0 Å². The minimum atomic E-state index is 0.537. The normalized spacial score (nSPS) is 19.7. The number of likely N-dealkylation sites (N-methyl/N-ethyl adjacent to an activating group) is 1. The van der Waals surface area contributed by atoms with Crippen LogP contribution in [-0.2, 0) is 4.74 Å². The molecule has 70 valence electrons. The summed E-state index contributed by atoms with van der Waals surface area (Å²) in [6.07, 6.45) is 6.76. The molecule has 2 heteroatoms. The molecule has 0 spiro atoms. The third-order valence-electron chi connectivity index (χ3n) is 2.34. The molecule has 1 heterocycles. The van der Waals surface area contributed by atoms with Crippen LogP contribution in [0, 0.1) is 0 Å². The van der Waals surface area contributed by atoms with E-state index in [2.05, 4.69) is 12.2 Å². The lowest BCUT2D eigenvalue weighted by molar-refractivity contribution is 0.219. The number of nitrogens with one attached hydrogen (secondary N) is 1. The van der Waals surface area contributed by atoms with E-state index in [1.807, 2.05) is 13.3 Å². The summed E-state index contributed by atoms with van der Waals surface area (Å²) in [7, 11) is 2.02. The van der Waals surface area contributed by atoms with Crippen LogP contribution in [0.3, 0.4) is 0 Å². The third kappa shape index (κ3) is 2.52. The molecule has 1 aliphatic rings. The van der Waals surface area contributed by atoms with Gasteiger partial charge in [0.1, 0.15) is 0 Å². The molecule has 1 N–H and O–H groups in total. The molecule has 1 unspecified atom stereocenters. The fourth-order valence-corrected chi connectivity index (χ4v) is 1.64. The Balaban J connectivity index is 2.45. The zero-order valence-electron chi connectivity index (χ0n) is 8.10. The first kappa shape index (κ1) is 9.59. The fourth-order valence-electron chi connectivity index (χ4n) is 1.64. The van der Waals surface area contributed by atoms with Crippen LogP contribution < -0.4 is 5.32 Å². The Labute approximate surface area is 75.0 Å². The molecule has 0 fully saturated rings. The van der Waals surface area contributed by atoms with E-state index in [9.17, 15) is 0 Å². The topological polar surface area (TPSA) is 21.3 Å². The third-order valence-corrected chi connectivity index (χ3v) is 2.34. The molecule has 2 nitrogen and oxygen atoms in total. The van der Waals surface area contributed by atoms with E-state index >= 15 is 0 Å². The van der Waals surface area contributed by atoms with Gasteiger partial charge in [0, 0.05) is 6.04 Å². The van der Waals surface area contributed by atoms with E-state index in [-0.39, 0.29) is 0 Å². The first-order valence-electron chi connectivity index (χ1n) is 4.86. The van der Waals surface area contributed by atoms with E-state index in [1.54, 1.807) is 0 Å². The summed E-state index contributed by atoms with van der Waals surface area (Å²) >= 11 is 0. The van der Waals surface area contributed by atoms with Crippen LogP contribution in [0.2, 0.25) is 0 Å². The van der Waals surface area contributed by atoms with E-state index in [0.717, 1.165) is 6.61 Å². The van der Waals surface area contributed by atoms with Gasteiger partial charge in [0.2, 0.25) is 0 Å². The van der Waals surface area contributed by atoms with Crippen LogP contribution in [-0.4, -0.2) is 19.7 Å². The zero-order chi connectivity index (χ0) is 8.81. The second kappa shape index (κ2) is 5.20. The zero-order valence-corrected chi connectivity index (χ0v) is 8.10. The van der Waals surface area contributed by atoms with Gasteiger partial charge in [0.05, 0.1) is 12.9 Å². The molecule has 1 rings (SSSR count). The lowest BCUT2D eigenvalue weighted by Crippen LogP contribution is -2.28. The van der Waals surface area contributed by atoms with Crippen LogP contribution >= 0.6 is 0 Å². The SMILES string of the molecule is CCCC(NC)C1=COCCC1. The molecule has 0 saturated carbocycles. The van der Waals surface area contributed by atoms with Gasteiger partial charge in [-0.05, 0) is 31.9 Å². The summed E-state index contributed by atoms with van der Waals surface area (Å²) in [6.45, 7) is 3.11.